The van der Waals surface area contributed by atoms with Gasteiger partial charge < -0.3 is 9.67 Å². The number of hydrogen-bond donors (Lipinski definition) is 1. The van der Waals surface area contributed by atoms with Gasteiger partial charge in [-0.05, 0) is 17.2 Å². The summed E-state index contributed by atoms with van der Waals surface area (Å²) in [6.45, 7) is 0.504. The van der Waals surface area contributed by atoms with E-state index in [9.17, 15) is 35.9 Å². The first-order valence-electron chi connectivity index (χ1n) is 7.96. The summed E-state index contributed by atoms with van der Waals surface area (Å²) in [5.41, 5.74) is -1.48. The van der Waals surface area contributed by atoms with Crippen LogP contribution in [0.2, 0.25) is 0 Å². The maximum Gasteiger partial charge on any atom is 0.417 e. The van der Waals surface area contributed by atoms with Gasteiger partial charge in [-0.3, -0.25) is 9.59 Å². The van der Waals surface area contributed by atoms with E-state index < -0.39 is 41.3 Å². The minimum atomic E-state index is -4.72. The monoisotopic (exact) mass is 407 g/mol. The number of carbonyl (C=O) groups is 1. The number of carboxylic acid groups (broad SMARTS) is 1. The summed E-state index contributed by atoms with van der Waals surface area (Å²) in [4.78, 5) is 23.0. The first-order chi connectivity index (χ1) is 12.8. The Hall–Kier alpha value is -2.78. The third-order valence-electron chi connectivity index (χ3n) is 4.28. The lowest BCUT2D eigenvalue weighted by Gasteiger charge is -2.23. The van der Waals surface area contributed by atoms with Crippen molar-refractivity contribution < 1.29 is 36.2 Å². The van der Waals surface area contributed by atoms with Crippen molar-refractivity contribution >= 4 is 5.97 Å². The van der Waals surface area contributed by atoms with Crippen molar-refractivity contribution in [1.82, 2.24) is 4.57 Å². The Morgan fingerprint density at radius 3 is 2.07 bits per heavy atom. The quantitative estimate of drug-likeness (QED) is 0.753. The highest BCUT2D eigenvalue weighted by Crippen LogP contribution is 2.37. The number of pyridine rings is 1. The van der Waals surface area contributed by atoms with Gasteiger partial charge in [-0.1, -0.05) is 31.2 Å². The molecule has 0 bridgehead atoms. The molecule has 28 heavy (non-hydrogen) atoms. The van der Waals surface area contributed by atoms with Crippen LogP contribution in [0.1, 0.15) is 29.5 Å². The number of hydrogen-bond acceptors (Lipinski definition) is 2. The number of aromatic nitrogens is 1. The summed E-state index contributed by atoms with van der Waals surface area (Å²) in [7, 11) is 0. The molecule has 0 aliphatic carbocycles. The lowest BCUT2D eigenvalue weighted by molar-refractivity contribution is -0.183. The van der Waals surface area contributed by atoms with E-state index in [0.29, 0.717) is 17.8 Å². The van der Waals surface area contributed by atoms with E-state index in [1.54, 1.807) is 0 Å². The second-order valence-electron chi connectivity index (χ2n) is 6.27. The predicted molar refractivity (Wildman–Crippen MR) is 86.8 cm³/mol. The fourth-order valence-corrected chi connectivity index (χ4v) is 2.68. The number of aliphatic carboxylic acids is 1. The van der Waals surface area contributed by atoms with E-state index in [2.05, 4.69) is 0 Å². The van der Waals surface area contributed by atoms with Crippen molar-refractivity contribution in [3.8, 4) is 0 Å². The van der Waals surface area contributed by atoms with Crippen LogP contribution in [0.3, 0.4) is 0 Å². The van der Waals surface area contributed by atoms with Crippen LogP contribution >= 0.6 is 0 Å². The van der Waals surface area contributed by atoms with Crippen LogP contribution in [0.25, 0.3) is 0 Å². The summed E-state index contributed by atoms with van der Waals surface area (Å²) in [6, 6.07) is 6.30. The Morgan fingerprint density at radius 2 is 1.61 bits per heavy atom. The SMILES string of the molecule is C[C@H](C(C(=O)O)c1ccc(Cn2cc(C(F)(F)F)ccc2=O)cc1)C(F)(F)F. The fourth-order valence-electron chi connectivity index (χ4n) is 2.68. The summed E-state index contributed by atoms with van der Waals surface area (Å²) in [6.07, 6.45) is -8.71. The molecule has 0 radical (unpaired) electrons. The van der Waals surface area contributed by atoms with Crippen molar-refractivity contribution in [1.29, 1.82) is 0 Å². The van der Waals surface area contributed by atoms with Gasteiger partial charge in [0.25, 0.3) is 5.56 Å². The molecule has 1 aromatic carbocycles. The molecule has 0 spiro atoms. The average molecular weight is 407 g/mol. The highest BCUT2D eigenvalue weighted by atomic mass is 19.4. The van der Waals surface area contributed by atoms with Gasteiger partial charge in [-0.25, -0.2) is 0 Å². The van der Waals surface area contributed by atoms with E-state index in [1.807, 2.05) is 0 Å². The molecule has 2 rings (SSSR count). The molecular formula is C18H15F6NO3. The van der Waals surface area contributed by atoms with Gasteiger partial charge >= 0.3 is 18.3 Å². The van der Waals surface area contributed by atoms with Crippen LogP contribution < -0.4 is 5.56 Å². The van der Waals surface area contributed by atoms with Crippen LogP contribution in [-0.2, 0) is 17.5 Å². The highest BCUT2D eigenvalue weighted by Gasteiger charge is 2.45. The average Bonchev–Trinajstić information content (AvgIpc) is 2.56. The smallest absolute Gasteiger partial charge is 0.417 e. The number of alkyl halides is 6. The topological polar surface area (TPSA) is 59.3 Å². The lowest BCUT2D eigenvalue weighted by atomic mass is 9.86. The van der Waals surface area contributed by atoms with Crippen LogP contribution in [-0.4, -0.2) is 21.8 Å². The molecule has 152 valence electrons. The Bertz CT molecular complexity index is 899. The first-order valence-corrected chi connectivity index (χ1v) is 7.96. The van der Waals surface area contributed by atoms with Crippen molar-refractivity contribution in [3.05, 3.63) is 69.6 Å². The molecule has 1 aromatic heterocycles. The number of benzene rings is 1. The standard InChI is InChI=1S/C18H15F6NO3/c1-10(17(19,20)21)15(16(27)28)12-4-2-11(3-5-12)8-25-9-13(18(22,23)24)6-7-14(25)26/h2-7,9-10,15H,8H2,1H3,(H,27,28)/t10-,15?/m1/s1. The van der Waals surface area contributed by atoms with Crippen molar-refractivity contribution in [2.75, 3.05) is 0 Å². The van der Waals surface area contributed by atoms with Crippen molar-refractivity contribution in [2.24, 2.45) is 5.92 Å². The van der Waals surface area contributed by atoms with Crippen molar-refractivity contribution in [3.63, 3.8) is 0 Å². The van der Waals surface area contributed by atoms with Crippen LogP contribution in [0.4, 0.5) is 26.3 Å². The van der Waals surface area contributed by atoms with E-state index in [0.717, 1.165) is 29.7 Å². The van der Waals surface area contributed by atoms with Gasteiger partial charge in [0, 0.05) is 12.3 Å². The van der Waals surface area contributed by atoms with Crippen LogP contribution in [0, 0.1) is 5.92 Å². The van der Waals surface area contributed by atoms with Crippen molar-refractivity contribution in [2.45, 2.75) is 31.7 Å². The zero-order valence-electron chi connectivity index (χ0n) is 14.4. The number of nitrogens with zero attached hydrogens (tertiary/aromatic N) is 1. The molecule has 0 amide bonds. The van der Waals surface area contributed by atoms with Gasteiger partial charge in [-0.15, -0.1) is 0 Å². The second-order valence-corrected chi connectivity index (χ2v) is 6.27. The van der Waals surface area contributed by atoms with Gasteiger partial charge in [0.1, 0.15) is 0 Å². The predicted octanol–water partition coefficient (Wildman–Crippen LogP) is 4.28. The maximum atomic E-state index is 12.9. The van der Waals surface area contributed by atoms with E-state index >= 15 is 0 Å². The van der Waals surface area contributed by atoms with Gasteiger partial charge in [0.2, 0.25) is 0 Å². The van der Waals surface area contributed by atoms with Crippen LogP contribution in [0.5, 0.6) is 0 Å². The Labute approximate surface area is 155 Å². The molecule has 1 unspecified atom stereocenters. The molecule has 2 aromatic rings. The normalized spacial score (nSPS) is 14.5. The van der Waals surface area contributed by atoms with Crippen LogP contribution in [0.15, 0.2) is 47.4 Å². The summed E-state index contributed by atoms with van der Waals surface area (Å²) >= 11 is 0. The number of carboxylic acids is 1. The van der Waals surface area contributed by atoms with E-state index in [1.165, 1.54) is 12.1 Å². The fraction of sp³-hybridized carbons (Fsp3) is 0.333. The van der Waals surface area contributed by atoms with E-state index in [4.69, 9.17) is 5.11 Å². The Morgan fingerprint density at radius 1 is 1.04 bits per heavy atom. The lowest BCUT2D eigenvalue weighted by Crippen LogP contribution is -2.31. The molecule has 0 aliphatic rings. The van der Waals surface area contributed by atoms with Gasteiger partial charge in [-0.2, -0.15) is 26.3 Å². The molecule has 10 heteroatoms. The van der Waals surface area contributed by atoms with E-state index in [-0.39, 0.29) is 12.1 Å². The molecule has 1 heterocycles. The van der Waals surface area contributed by atoms with Gasteiger partial charge in [0.05, 0.1) is 23.9 Å². The Kier molecular flexibility index (Phi) is 5.91. The molecular weight excluding hydrogens is 392 g/mol. The molecule has 4 nitrogen and oxygen atoms in total. The first kappa shape index (κ1) is 21.5. The zero-order chi connectivity index (χ0) is 21.3. The summed E-state index contributed by atoms with van der Waals surface area (Å²) in [5.74, 6) is -5.61. The largest absolute Gasteiger partial charge is 0.481 e. The molecule has 0 saturated carbocycles. The van der Waals surface area contributed by atoms with Gasteiger partial charge in [0.15, 0.2) is 0 Å². The highest BCUT2D eigenvalue weighted by molar-refractivity contribution is 5.76. The summed E-state index contributed by atoms with van der Waals surface area (Å²) in [5, 5.41) is 9.16. The Balaban J connectivity index is 2.30. The summed E-state index contributed by atoms with van der Waals surface area (Å²) < 4.78 is 77.8. The maximum absolute atomic E-state index is 12.9. The molecule has 0 aliphatic heterocycles. The molecule has 2 atom stereocenters. The second kappa shape index (κ2) is 7.69. The third kappa shape index (κ3) is 4.93. The number of rotatable bonds is 5. The number of halogens is 6. The third-order valence-corrected chi connectivity index (χ3v) is 4.28. The molecule has 0 saturated heterocycles. The molecule has 1 N–H and O–H groups in total. The molecule has 0 fully saturated rings. The minimum absolute atomic E-state index is 0.0996. The minimum Gasteiger partial charge on any atom is -0.481 e. The zero-order valence-corrected chi connectivity index (χ0v) is 14.4.